The van der Waals surface area contributed by atoms with E-state index in [0.717, 1.165) is 0 Å². The molecule has 0 atom stereocenters. The molecule has 0 unspecified atom stereocenters. The fraction of sp³-hybridized carbons (Fsp3) is 0.750. The molecule has 2 N–H and O–H groups in total. The van der Waals surface area contributed by atoms with Crippen molar-refractivity contribution in [1.29, 1.82) is 0 Å². The molecule has 0 aliphatic heterocycles. The van der Waals surface area contributed by atoms with Gasteiger partial charge in [-0.25, -0.2) is 0 Å². The van der Waals surface area contributed by atoms with Crippen molar-refractivity contribution < 1.29 is 4.79 Å². The third kappa shape index (κ3) is 36.7. The van der Waals surface area contributed by atoms with E-state index >= 15 is 0 Å². The Bertz CT molecular complexity index is 58.0. The van der Waals surface area contributed by atoms with Gasteiger partial charge in [0.05, 0.1) is 5.34 Å². The highest BCUT2D eigenvalue weighted by molar-refractivity contribution is 6.40. The predicted octanol–water partition coefficient (Wildman–Crippen LogP) is 1.30. The molecule has 0 fully saturated rings. The van der Waals surface area contributed by atoms with Gasteiger partial charge in [0.15, 0.2) is 0 Å². The highest BCUT2D eigenvalue weighted by Gasteiger charge is 1.77. The minimum Gasteiger partial charge on any atom is -0.370 e. The van der Waals surface area contributed by atoms with Crippen molar-refractivity contribution in [1.82, 2.24) is 0 Å². The second-order valence-electron chi connectivity index (χ2n) is 0.921. The van der Waals surface area contributed by atoms with Gasteiger partial charge in [-0.1, -0.05) is 6.92 Å². The summed E-state index contributed by atoms with van der Waals surface area (Å²) in [6.45, 7) is 1.72. The van der Waals surface area contributed by atoms with Crippen LogP contribution >= 0.6 is 23.2 Å². The molecule has 0 spiro atoms. The molecule has 0 heterocycles. The van der Waals surface area contributed by atoms with Gasteiger partial charge in [-0.15, -0.1) is 23.2 Å². The van der Waals surface area contributed by atoms with Gasteiger partial charge >= 0.3 is 0 Å². The summed E-state index contributed by atoms with van der Waals surface area (Å²) in [5, 5.41) is 0.194. The van der Waals surface area contributed by atoms with Gasteiger partial charge in [0.1, 0.15) is 0 Å². The minimum absolute atomic E-state index is 0.194. The van der Waals surface area contributed by atoms with Gasteiger partial charge in [-0.2, -0.15) is 0 Å². The summed E-state index contributed by atoms with van der Waals surface area (Å²) < 4.78 is 0. The first-order valence-corrected chi connectivity index (χ1v) is 3.16. The van der Waals surface area contributed by atoms with Crippen LogP contribution in [0.25, 0.3) is 0 Å². The molecule has 2 nitrogen and oxygen atoms in total. The normalized spacial score (nSPS) is 6.88. The Morgan fingerprint density at radius 2 is 1.75 bits per heavy atom. The molecule has 0 aromatic rings. The van der Waals surface area contributed by atoms with Crippen molar-refractivity contribution in [3.63, 3.8) is 0 Å². The molecular weight excluding hydrogens is 149 g/mol. The summed E-state index contributed by atoms with van der Waals surface area (Å²) in [4.78, 5) is 9.59. The lowest BCUT2D eigenvalue weighted by Gasteiger charge is -1.73. The number of carbonyl (C=O) groups is 1. The van der Waals surface area contributed by atoms with Crippen LogP contribution in [0.4, 0.5) is 0 Å². The molecule has 1 amide bonds. The zero-order chi connectivity index (χ0) is 6.99. The second kappa shape index (κ2) is 10.1. The Kier molecular flexibility index (Phi) is 13.8. The van der Waals surface area contributed by atoms with Crippen LogP contribution in [0.1, 0.15) is 13.3 Å². The van der Waals surface area contributed by atoms with E-state index in [1.807, 2.05) is 0 Å². The van der Waals surface area contributed by atoms with Crippen LogP contribution in [0.3, 0.4) is 0 Å². The van der Waals surface area contributed by atoms with E-state index in [0.29, 0.717) is 6.42 Å². The molecule has 0 saturated carbocycles. The number of primary amides is 1. The van der Waals surface area contributed by atoms with E-state index in [2.05, 4.69) is 5.73 Å². The SMILES string of the molecule is CCC(N)=O.ClCCl. The number of amides is 1. The molecular formula is C4H9Cl2NO. The topological polar surface area (TPSA) is 43.1 Å². The molecule has 0 aromatic heterocycles. The lowest BCUT2D eigenvalue weighted by atomic mass is 10.5. The first-order chi connectivity index (χ1) is 3.68. The molecule has 0 saturated heterocycles. The van der Waals surface area contributed by atoms with E-state index in [-0.39, 0.29) is 11.2 Å². The summed E-state index contributed by atoms with van der Waals surface area (Å²) >= 11 is 9.53. The van der Waals surface area contributed by atoms with Gasteiger partial charge in [0.25, 0.3) is 0 Å². The molecule has 50 valence electrons. The summed E-state index contributed by atoms with van der Waals surface area (Å²) in [7, 11) is 0. The third-order valence-corrected chi connectivity index (χ3v) is 0.348. The molecule has 8 heavy (non-hydrogen) atoms. The van der Waals surface area contributed by atoms with Crippen molar-refractivity contribution in [2.45, 2.75) is 13.3 Å². The average Bonchev–Trinajstić information content (AvgIpc) is 1.69. The fourth-order valence-electron chi connectivity index (χ4n) is 0. The predicted molar refractivity (Wildman–Crippen MR) is 36.1 cm³/mol. The Labute approximate surface area is 58.9 Å². The van der Waals surface area contributed by atoms with Crippen molar-refractivity contribution >= 4 is 29.1 Å². The molecule has 0 bridgehead atoms. The lowest BCUT2D eigenvalue weighted by Crippen LogP contribution is -2.06. The van der Waals surface area contributed by atoms with Crippen molar-refractivity contribution in [3.05, 3.63) is 0 Å². The van der Waals surface area contributed by atoms with Gasteiger partial charge in [0.2, 0.25) is 5.91 Å². The standard InChI is InChI=1S/C3H7NO.CH2Cl2/c1-2-3(4)5;2-1-3/h2H2,1H3,(H2,4,5);1H2. The van der Waals surface area contributed by atoms with E-state index in [1.165, 1.54) is 0 Å². The first-order valence-electron chi connectivity index (χ1n) is 2.09. The molecule has 0 aliphatic rings. The summed E-state index contributed by atoms with van der Waals surface area (Å²) in [6.07, 6.45) is 0.444. The summed E-state index contributed by atoms with van der Waals surface area (Å²) in [5.41, 5.74) is 4.65. The van der Waals surface area contributed by atoms with Crippen molar-refractivity contribution in [3.8, 4) is 0 Å². The van der Waals surface area contributed by atoms with E-state index in [1.54, 1.807) is 6.92 Å². The van der Waals surface area contributed by atoms with Crippen LogP contribution in [0, 0.1) is 0 Å². The van der Waals surface area contributed by atoms with E-state index < -0.39 is 0 Å². The molecule has 0 aliphatic carbocycles. The maximum Gasteiger partial charge on any atom is 0.217 e. The number of halogens is 2. The third-order valence-electron chi connectivity index (χ3n) is 0.348. The molecule has 0 aromatic carbocycles. The molecule has 0 radical (unpaired) electrons. The van der Waals surface area contributed by atoms with Crippen LogP contribution < -0.4 is 5.73 Å². The molecule has 4 heteroatoms. The number of carbonyl (C=O) groups excluding carboxylic acids is 1. The maximum atomic E-state index is 9.59. The Hall–Kier alpha value is 0.0500. The minimum atomic E-state index is -0.245. The Morgan fingerprint density at radius 1 is 1.62 bits per heavy atom. The quantitative estimate of drug-likeness (QED) is 0.574. The van der Waals surface area contributed by atoms with E-state index in [4.69, 9.17) is 23.2 Å². The Balaban J connectivity index is 0. The first kappa shape index (κ1) is 10.9. The number of hydrogen-bond acceptors (Lipinski definition) is 1. The van der Waals surface area contributed by atoms with Gasteiger partial charge in [-0.05, 0) is 0 Å². The maximum absolute atomic E-state index is 9.59. The fourth-order valence-corrected chi connectivity index (χ4v) is 0. The number of nitrogens with two attached hydrogens (primary N) is 1. The summed E-state index contributed by atoms with van der Waals surface area (Å²) in [6, 6.07) is 0. The number of hydrogen-bond donors (Lipinski definition) is 1. The zero-order valence-corrected chi connectivity index (χ0v) is 6.17. The highest BCUT2D eigenvalue weighted by atomic mass is 35.5. The van der Waals surface area contributed by atoms with Crippen LogP contribution in [0.2, 0.25) is 0 Å². The number of rotatable bonds is 1. The van der Waals surface area contributed by atoms with Crippen LogP contribution in [-0.4, -0.2) is 11.2 Å². The van der Waals surface area contributed by atoms with Gasteiger partial charge in [-0.3, -0.25) is 4.79 Å². The van der Waals surface area contributed by atoms with Gasteiger partial charge in [0, 0.05) is 6.42 Å². The lowest BCUT2D eigenvalue weighted by molar-refractivity contribution is -0.117. The second-order valence-corrected chi connectivity index (χ2v) is 1.73. The smallest absolute Gasteiger partial charge is 0.217 e. The number of alkyl halides is 2. The van der Waals surface area contributed by atoms with Gasteiger partial charge < -0.3 is 5.73 Å². The van der Waals surface area contributed by atoms with Crippen molar-refractivity contribution in [2.24, 2.45) is 5.73 Å². The van der Waals surface area contributed by atoms with E-state index in [9.17, 15) is 4.79 Å². The summed E-state index contributed by atoms with van der Waals surface area (Å²) in [5.74, 6) is -0.245. The largest absolute Gasteiger partial charge is 0.370 e. The van der Waals surface area contributed by atoms with Crippen molar-refractivity contribution in [2.75, 3.05) is 5.34 Å². The Morgan fingerprint density at radius 3 is 1.75 bits per heavy atom. The van der Waals surface area contributed by atoms with Crippen LogP contribution in [0.5, 0.6) is 0 Å². The average molecular weight is 158 g/mol. The molecule has 0 rings (SSSR count). The highest BCUT2D eigenvalue weighted by Crippen LogP contribution is 1.73. The zero-order valence-electron chi connectivity index (χ0n) is 4.66. The van der Waals surface area contributed by atoms with Crippen LogP contribution in [0.15, 0.2) is 0 Å². The van der Waals surface area contributed by atoms with Crippen LogP contribution in [-0.2, 0) is 4.79 Å². The monoisotopic (exact) mass is 157 g/mol.